The highest BCUT2D eigenvalue weighted by Crippen LogP contribution is 2.26. The van der Waals surface area contributed by atoms with Crippen LogP contribution in [0.1, 0.15) is 16.1 Å². The van der Waals surface area contributed by atoms with Gasteiger partial charge < -0.3 is 14.8 Å². The Balaban J connectivity index is 1.40. The summed E-state index contributed by atoms with van der Waals surface area (Å²) < 4.78 is 10.6. The summed E-state index contributed by atoms with van der Waals surface area (Å²) in [5.41, 5.74) is 2.06. The first-order chi connectivity index (χ1) is 14.0. The van der Waals surface area contributed by atoms with Crippen LogP contribution in [0.5, 0.6) is 5.75 Å². The number of carbonyl (C=O) groups is 2. The van der Waals surface area contributed by atoms with E-state index in [1.165, 1.54) is 11.3 Å². The molecule has 0 unspecified atom stereocenters. The lowest BCUT2D eigenvalue weighted by molar-refractivity contribution is -0.124. The minimum absolute atomic E-state index is 0.153. The summed E-state index contributed by atoms with van der Waals surface area (Å²) in [6.45, 7) is 2.22. The summed E-state index contributed by atoms with van der Waals surface area (Å²) >= 11 is 7.28. The Morgan fingerprint density at radius 3 is 2.79 bits per heavy atom. The fraction of sp³-hybridized carbons (Fsp3) is 0.190. The first-order valence-electron chi connectivity index (χ1n) is 8.86. The van der Waals surface area contributed by atoms with Gasteiger partial charge in [-0.25, -0.2) is 9.78 Å². The van der Waals surface area contributed by atoms with Gasteiger partial charge in [-0.2, -0.15) is 0 Å². The Bertz CT molecular complexity index is 1010. The second kappa shape index (κ2) is 10.0. The molecule has 0 fully saturated rings. The predicted molar refractivity (Wildman–Crippen MR) is 113 cm³/mol. The molecular weight excluding hydrogens is 412 g/mol. The molecule has 0 atom stereocenters. The molecular formula is C21H19ClN2O4S. The van der Waals surface area contributed by atoms with Gasteiger partial charge in [-0.1, -0.05) is 35.9 Å². The summed E-state index contributed by atoms with van der Waals surface area (Å²) in [7, 11) is 0. The van der Waals surface area contributed by atoms with Gasteiger partial charge in [0.15, 0.2) is 12.3 Å². The molecule has 1 amide bonds. The number of aryl methyl sites for hydroxylation is 1. The molecule has 0 aliphatic rings. The van der Waals surface area contributed by atoms with E-state index in [4.69, 9.17) is 21.1 Å². The van der Waals surface area contributed by atoms with Crippen LogP contribution in [0.2, 0.25) is 5.02 Å². The molecule has 8 heteroatoms. The molecule has 150 valence electrons. The smallest absolute Gasteiger partial charge is 0.358 e. The van der Waals surface area contributed by atoms with E-state index in [-0.39, 0.29) is 12.3 Å². The average Bonchev–Trinajstić information content (AvgIpc) is 3.20. The van der Waals surface area contributed by atoms with Crippen molar-refractivity contribution in [3.63, 3.8) is 0 Å². The van der Waals surface area contributed by atoms with E-state index < -0.39 is 11.9 Å². The average molecular weight is 431 g/mol. The van der Waals surface area contributed by atoms with Gasteiger partial charge in [0.2, 0.25) is 0 Å². The van der Waals surface area contributed by atoms with Crippen molar-refractivity contribution in [3.8, 4) is 16.3 Å². The van der Waals surface area contributed by atoms with Gasteiger partial charge in [0, 0.05) is 16.0 Å². The van der Waals surface area contributed by atoms with Crippen LogP contribution >= 0.6 is 22.9 Å². The predicted octanol–water partition coefficient (Wildman–Crippen LogP) is 4.12. The number of aromatic nitrogens is 1. The molecule has 0 bridgehead atoms. The highest BCUT2D eigenvalue weighted by atomic mass is 35.5. The van der Waals surface area contributed by atoms with Gasteiger partial charge in [0.05, 0.1) is 6.54 Å². The summed E-state index contributed by atoms with van der Waals surface area (Å²) in [5, 5.41) is 5.47. The number of thiazole rings is 1. The molecule has 1 heterocycles. The third-order valence-electron chi connectivity index (χ3n) is 3.80. The Morgan fingerprint density at radius 1 is 1.17 bits per heavy atom. The molecule has 2 aromatic carbocycles. The molecule has 3 rings (SSSR count). The molecule has 6 nitrogen and oxygen atoms in total. The van der Waals surface area contributed by atoms with Gasteiger partial charge in [0.1, 0.15) is 17.4 Å². The maximum Gasteiger partial charge on any atom is 0.358 e. The van der Waals surface area contributed by atoms with Crippen LogP contribution in [0.25, 0.3) is 10.6 Å². The van der Waals surface area contributed by atoms with E-state index in [1.54, 1.807) is 17.5 Å². The lowest BCUT2D eigenvalue weighted by Gasteiger charge is -2.08. The number of halogens is 1. The number of nitrogens with zero attached hydrogens (tertiary/aromatic N) is 1. The minimum Gasteiger partial charge on any atom is -0.492 e. The fourth-order valence-corrected chi connectivity index (χ4v) is 3.42. The molecule has 0 spiro atoms. The lowest BCUT2D eigenvalue weighted by Crippen LogP contribution is -2.32. The van der Waals surface area contributed by atoms with Crippen molar-refractivity contribution >= 4 is 34.8 Å². The van der Waals surface area contributed by atoms with Crippen molar-refractivity contribution in [2.45, 2.75) is 6.92 Å². The highest BCUT2D eigenvalue weighted by Gasteiger charge is 2.15. The number of carbonyl (C=O) groups excluding carboxylic acids is 2. The molecule has 0 aliphatic carbocycles. The SMILES string of the molecule is Cc1cccc(OCCNC(=O)COC(=O)c2csc(-c3cccc(Cl)c3)n2)c1. The van der Waals surface area contributed by atoms with Crippen molar-refractivity contribution < 1.29 is 19.1 Å². The van der Waals surface area contributed by atoms with Crippen molar-refractivity contribution in [2.75, 3.05) is 19.8 Å². The van der Waals surface area contributed by atoms with Gasteiger partial charge in [0.25, 0.3) is 5.91 Å². The molecule has 29 heavy (non-hydrogen) atoms. The van der Waals surface area contributed by atoms with Crippen LogP contribution in [0.4, 0.5) is 0 Å². The first-order valence-corrected chi connectivity index (χ1v) is 10.1. The number of esters is 1. The zero-order valence-electron chi connectivity index (χ0n) is 15.7. The molecule has 1 aromatic heterocycles. The summed E-state index contributed by atoms with van der Waals surface area (Å²) in [6, 6.07) is 14.8. The van der Waals surface area contributed by atoms with Gasteiger partial charge >= 0.3 is 5.97 Å². The quantitative estimate of drug-likeness (QED) is 0.429. The maximum absolute atomic E-state index is 12.1. The van der Waals surface area contributed by atoms with E-state index in [1.807, 2.05) is 43.3 Å². The molecule has 0 aliphatic heterocycles. The molecule has 1 N–H and O–H groups in total. The van der Waals surface area contributed by atoms with E-state index >= 15 is 0 Å². The normalized spacial score (nSPS) is 10.4. The van der Waals surface area contributed by atoms with Crippen LogP contribution in [0.3, 0.4) is 0 Å². The number of amides is 1. The van der Waals surface area contributed by atoms with Crippen molar-refractivity contribution in [1.82, 2.24) is 10.3 Å². The third-order valence-corrected chi connectivity index (χ3v) is 4.93. The fourth-order valence-electron chi connectivity index (χ4n) is 2.44. The van der Waals surface area contributed by atoms with E-state index in [0.29, 0.717) is 23.2 Å². The topological polar surface area (TPSA) is 77.5 Å². The molecule has 0 saturated carbocycles. The van der Waals surface area contributed by atoms with Gasteiger partial charge in [-0.05, 0) is 36.8 Å². The van der Waals surface area contributed by atoms with Gasteiger partial charge in [-0.15, -0.1) is 11.3 Å². The largest absolute Gasteiger partial charge is 0.492 e. The zero-order valence-corrected chi connectivity index (χ0v) is 17.3. The number of ether oxygens (including phenoxy) is 2. The molecule has 3 aromatic rings. The third kappa shape index (κ3) is 6.30. The number of nitrogens with one attached hydrogen (secondary N) is 1. The van der Waals surface area contributed by atoms with E-state index in [2.05, 4.69) is 10.3 Å². The monoisotopic (exact) mass is 430 g/mol. The number of benzene rings is 2. The Kier molecular flexibility index (Phi) is 7.21. The van der Waals surface area contributed by atoms with E-state index in [9.17, 15) is 9.59 Å². The number of rotatable bonds is 8. The summed E-state index contributed by atoms with van der Waals surface area (Å²) in [5.74, 6) is -0.318. The van der Waals surface area contributed by atoms with Crippen molar-refractivity contribution in [1.29, 1.82) is 0 Å². The minimum atomic E-state index is -0.652. The second-order valence-corrected chi connectivity index (χ2v) is 7.43. The highest BCUT2D eigenvalue weighted by molar-refractivity contribution is 7.13. The second-order valence-electron chi connectivity index (χ2n) is 6.14. The summed E-state index contributed by atoms with van der Waals surface area (Å²) in [6.07, 6.45) is 0. The standard InChI is InChI=1S/C21H19ClN2O4S/c1-14-4-2-7-17(10-14)27-9-8-23-19(25)12-28-21(26)18-13-29-20(24-18)15-5-3-6-16(22)11-15/h2-7,10-11,13H,8-9,12H2,1H3,(H,23,25). The van der Waals surface area contributed by atoms with Gasteiger partial charge in [-0.3, -0.25) is 4.79 Å². The van der Waals surface area contributed by atoms with Crippen LogP contribution in [0.15, 0.2) is 53.9 Å². The molecule has 0 saturated heterocycles. The Hall–Kier alpha value is -2.90. The zero-order chi connectivity index (χ0) is 20.6. The Labute approximate surface area is 177 Å². The van der Waals surface area contributed by atoms with Crippen LogP contribution < -0.4 is 10.1 Å². The van der Waals surface area contributed by atoms with E-state index in [0.717, 1.165) is 16.9 Å². The Morgan fingerprint density at radius 2 is 2.00 bits per heavy atom. The van der Waals surface area contributed by atoms with Crippen LogP contribution in [-0.2, 0) is 9.53 Å². The first kappa shape index (κ1) is 20.8. The number of hydrogen-bond donors (Lipinski definition) is 1. The van der Waals surface area contributed by atoms with Crippen molar-refractivity contribution in [2.24, 2.45) is 0 Å². The van der Waals surface area contributed by atoms with Crippen molar-refractivity contribution in [3.05, 3.63) is 70.2 Å². The lowest BCUT2D eigenvalue weighted by atomic mass is 10.2. The van der Waals surface area contributed by atoms with Crippen LogP contribution in [0, 0.1) is 6.92 Å². The maximum atomic E-state index is 12.1. The molecule has 0 radical (unpaired) electrons. The number of hydrogen-bond acceptors (Lipinski definition) is 6. The summed E-state index contributed by atoms with van der Waals surface area (Å²) in [4.78, 5) is 28.2. The van der Waals surface area contributed by atoms with Crippen LogP contribution in [-0.4, -0.2) is 36.6 Å².